The first kappa shape index (κ1) is 19.8. The van der Waals surface area contributed by atoms with Gasteiger partial charge in [-0.05, 0) is 44.2 Å². The van der Waals surface area contributed by atoms with Crippen LogP contribution in [0.25, 0.3) is 0 Å². The van der Waals surface area contributed by atoms with E-state index in [1.807, 2.05) is 0 Å². The summed E-state index contributed by atoms with van der Waals surface area (Å²) in [6.45, 7) is 3.90. The zero-order chi connectivity index (χ0) is 19.7. The molecule has 2 fully saturated rings. The zero-order valence-corrected chi connectivity index (χ0v) is 16.7. The van der Waals surface area contributed by atoms with Crippen LogP contribution in [0, 0.1) is 12.8 Å². The van der Waals surface area contributed by atoms with Gasteiger partial charge in [-0.1, -0.05) is 31.7 Å². The predicted molar refractivity (Wildman–Crippen MR) is 100 cm³/mol. The summed E-state index contributed by atoms with van der Waals surface area (Å²) >= 11 is 0. The maximum Gasteiger partial charge on any atom is 0.281 e. The highest BCUT2D eigenvalue weighted by molar-refractivity contribution is 7.90. The minimum Gasteiger partial charge on any atom is -0.328 e. The first-order valence-electron chi connectivity index (χ1n) is 9.53. The third kappa shape index (κ3) is 4.15. The third-order valence-corrected chi connectivity index (χ3v) is 7.08. The topological polar surface area (TPSA) is 96.4 Å². The molecular formula is C19H27N3O4S. The number of pyridine rings is 1. The van der Waals surface area contributed by atoms with Gasteiger partial charge in [-0.25, -0.2) is 9.71 Å². The quantitative estimate of drug-likeness (QED) is 0.799. The predicted octanol–water partition coefficient (Wildman–Crippen LogP) is 2.16. The van der Waals surface area contributed by atoms with E-state index in [0.717, 1.165) is 12.0 Å². The normalized spacial score (nSPS) is 23.1. The van der Waals surface area contributed by atoms with Crippen LogP contribution in [0.4, 0.5) is 0 Å². The van der Waals surface area contributed by atoms with Gasteiger partial charge in [0, 0.05) is 19.2 Å². The van der Waals surface area contributed by atoms with Gasteiger partial charge in [-0.3, -0.25) is 9.59 Å². The van der Waals surface area contributed by atoms with E-state index < -0.39 is 21.5 Å². The van der Waals surface area contributed by atoms with Crippen molar-refractivity contribution < 1.29 is 18.0 Å². The molecule has 2 amide bonds. The maximum absolute atomic E-state index is 12.7. The molecule has 27 heavy (non-hydrogen) atoms. The number of likely N-dealkylation sites (tertiary alicyclic amines) is 1. The van der Waals surface area contributed by atoms with E-state index in [9.17, 15) is 18.0 Å². The minimum absolute atomic E-state index is 0.0725. The molecule has 0 aromatic carbocycles. The molecule has 1 aliphatic carbocycles. The van der Waals surface area contributed by atoms with Crippen molar-refractivity contribution in [2.24, 2.45) is 5.92 Å². The van der Waals surface area contributed by atoms with Gasteiger partial charge in [0.05, 0.1) is 0 Å². The Morgan fingerprint density at radius 1 is 1.30 bits per heavy atom. The second kappa shape index (κ2) is 7.58. The highest BCUT2D eigenvalue weighted by Crippen LogP contribution is 2.34. The fourth-order valence-electron chi connectivity index (χ4n) is 3.85. The van der Waals surface area contributed by atoms with Crippen molar-refractivity contribution in [3.63, 3.8) is 0 Å². The van der Waals surface area contributed by atoms with E-state index >= 15 is 0 Å². The van der Waals surface area contributed by atoms with Crippen LogP contribution in [-0.4, -0.2) is 42.2 Å². The van der Waals surface area contributed by atoms with Gasteiger partial charge in [0.2, 0.25) is 5.91 Å². The van der Waals surface area contributed by atoms with E-state index in [1.54, 1.807) is 19.9 Å². The average Bonchev–Trinajstić information content (AvgIpc) is 3.11. The van der Waals surface area contributed by atoms with Crippen LogP contribution in [0.5, 0.6) is 0 Å². The molecule has 1 saturated carbocycles. The molecule has 1 unspecified atom stereocenters. The van der Waals surface area contributed by atoms with Gasteiger partial charge in [-0.2, -0.15) is 8.42 Å². The van der Waals surface area contributed by atoms with Gasteiger partial charge < -0.3 is 4.90 Å². The monoisotopic (exact) mass is 393 g/mol. The Balaban J connectivity index is 1.62. The van der Waals surface area contributed by atoms with Crippen molar-refractivity contribution in [3.8, 4) is 0 Å². The lowest BCUT2D eigenvalue weighted by molar-refractivity contribution is -0.156. The van der Waals surface area contributed by atoms with Crippen molar-refractivity contribution in [2.45, 2.75) is 69.4 Å². The van der Waals surface area contributed by atoms with Crippen LogP contribution in [0.2, 0.25) is 0 Å². The number of hydrogen-bond acceptors (Lipinski definition) is 5. The molecule has 1 saturated heterocycles. The summed E-state index contributed by atoms with van der Waals surface area (Å²) in [5.74, 6) is -0.148. The molecule has 3 rings (SSSR count). The Morgan fingerprint density at radius 2 is 2.00 bits per heavy atom. The molecule has 2 heterocycles. The van der Waals surface area contributed by atoms with Gasteiger partial charge in [0.15, 0.2) is 5.03 Å². The number of amides is 2. The lowest BCUT2D eigenvalue weighted by atomic mass is 9.85. The SMILES string of the molecule is Cc1ccc(S(=O)(=O)NC(=O)C2(C)CCN2C(=O)CCC2CCCC2)nc1. The number of carbonyl (C=O) groups is 2. The van der Waals surface area contributed by atoms with E-state index in [4.69, 9.17) is 0 Å². The molecule has 0 radical (unpaired) electrons. The molecule has 1 aliphatic heterocycles. The second-order valence-corrected chi connectivity index (χ2v) is 9.50. The van der Waals surface area contributed by atoms with E-state index in [1.165, 1.54) is 42.8 Å². The van der Waals surface area contributed by atoms with Crippen LogP contribution >= 0.6 is 0 Å². The number of nitrogens with one attached hydrogen (secondary N) is 1. The standard InChI is InChI=1S/C19H27N3O4S/c1-14-7-9-16(20-13-14)27(25,26)21-18(24)19(2)11-12-22(19)17(23)10-8-15-5-3-4-6-15/h7,9,13,15H,3-6,8,10-12H2,1-2H3,(H,21,24). The first-order chi connectivity index (χ1) is 12.7. The zero-order valence-electron chi connectivity index (χ0n) is 15.9. The number of sulfonamides is 1. The van der Waals surface area contributed by atoms with Gasteiger partial charge in [0.25, 0.3) is 15.9 Å². The summed E-state index contributed by atoms with van der Waals surface area (Å²) in [7, 11) is -4.06. The fourth-order valence-corrected chi connectivity index (χ4v) is 4.86. The van der Waals surface area contributed by atoms with Crippen LogP contribution in [0.15, 0.2) is 23.4 Å². The summed E-state index contributed by atoms with van der Waals surface area (Å²) in [5, 5.41) is -0.205. The number of aryl methyl sites for hydroxylation is 1. The summed E-state index contributed by atoms with van der Waals surface area (Å²) < 4.78 is 26.9. The molecular weight excluding hydrogens is 366 g/mol. The van der Waals surface area contributed by atoms with Crippen molar-refractivity contribution in [2.75, 3.05) is 6.54 Å². The van der Waals surface area contributed by atoms with Crippen molar-refractivity contribution in [1.29, 1.82) is 0 Å². The summed E-state index contributed by atoms with van der Waals surface area (Å²) in [6.07, 6.45) is 7.95. The van der Waals surface area contributed by atoms with Gasteiger partial charge in [-0.15, -0.1) is 0 Å². The van der Waals surface area contributed by atoms with Crippen LogP contribution in [-0.2, 0) is 19.6 Å². The molecule has 0 spiro atoms. The van der Waals surface area contributed by atoms with Gasteiger partial charge >= 0.3 is 0 Å². The van der Waals surface area contributed by atoms with Gasteiger partial charge in [0.1, 0.15) is 5.54 Å². The number of hydrogen-bond donors (Lipinski definition) is 1. The Kier molecular flexibility index (Phi) is 5.55. The molecule has 2 aliphatic rings. The van der Waals surface area contributed by atoms with Crippen molar-refractivity contribution >= 4 is 21.8 Å². The Hall–Kier alpha value is -1.96. The summed E-state index contributed by atoms with van der Waals surface area (Å²) in [5.41, 5.74) is -0.296. The average molecular weight is 394 g/mol. The largest absolute Gasteiger partial charge is 0.328 e. The second-order valence-electron chi connectivity index (χ2n) is 7.87. The van der Waals surface area contributed by atoms with Crippen LogP contribution < -0.4 is 4.72 Å². The number of carbonyl (C=O) groups excluding carboxylic acids is 2. The maximum atomic E-state index is 12.7. The third-order valence-electron chi connectivity index (χ3n) is 5.84. The molecule has 8 heteroatoms. The van der Waals surface area contributed by atoms with E-state index in [0.29, 0.717) is 25.3 Å². The fraction of sp³-hybridized carbons (Fsp3) is 0.632. The molecule has 1 atom stereocenters. The van der Waals surface area contributed by atoms with Crippen LogP contribution in [0.1, 0.15) is 57.4 Å². The van der Waals surface area contributed by atoms with E-state index in [2.05, 4.69) is 9.71 Å². The molecule has 1 N–H and O–H groups in total. The summed E-state index contributed by atoms with van der Waals surface area (Å²) in [6, 6.07) is 2.98. The van der Waals surface area contributed by atoms with Crippen LogP contribution in [0.3, 0.4) is 0 Å². The lowest BCUT2D eigenvalue weighted by Gasteiger charge is -2.49. The Morgan fingerprint density at radius 3 is 2.56 bits per heavy atom. The number of nitrogens with zero attached hydrogens (tertiary/aromatic N) is 2. The number of aromatic nitrogens is 1. The Labute approximate surface area is 160 Å². The summed E-state index contributed by atoms with van der Waals surface area (Å²) in [4.78, 5) is 30.6. The molecule has 1 aromatic rings. The highest BCUT2D eigenvalue weighted by atomic mass is 32.2. The number of rotatable bonds is 6. The molecule has 148 valence electrons. The van der Waals surface area contributed by atoms with E-state index in [-0.39, 0.29) is 10.9 Å². The molecule has 7 nitrogen and oxygen atoms in total. The molecule has 0 bridgehead atoms. The Bertz CT molecular complexity index is 816. The van der Waals surface area contributed by atoms with Crippen molar-refractivity contribution in [3.05, 3.63) is 23.9 Å². The minimum atomic E-state index is -4.06. The van der Waals surface area contributed by atoms with Crippen molar-refractivity contribution in [1.82, 2.24) is 14.6 Å². The smallest absolute Gasteiger partial charge is 0.281 e. The highest BCUT2D eigenvalue weighted by Gasteiger charge is 2.50. The molecule has 1 aromatic heterocycles. The first-order valence-corrected chi connectivity index (χ1v) is 11.0. The lowest BCUT2D eigenvalue weighted by Crippen LogP contribution is -2.67.